The van der Waals surface area contributed by atoms with E-state index in [0.717, 1.165) is 5.75 Å². The highest BCUT2D eigenvalue weighted by molar-refractivity contribution is 7.99. The Hall–Kier alpha value is -0.910. The molecule has 6 heteroatoms. The van der Waals surface area contributed by atoms with E-state index in [1.54, 1.807) is 11.8 Å². The number of thioether (sulfide) groups is 1. The summed E-state index contributed by atoms with van der Waals surface area (Å²) in [5, 5.41) is 9.18. The van der Waals surface area contributed by atoms with Crippen molar-refractivity contribution in [3.05, 3.63) is 0 Å². The quantitative estimate of drug-likeness (QED) is 0.725. The molecule has 5 nitrogen and oxygen atoms in total. The molecule has 1 amide bonds. The number of carboxylic acid groups (broad SMARTS) is 1. The van der Waals surface area contributed by atoms with Gasteiger partial charge in [-0.3, -0.25) is 4.90 Å². The third kappa shape index (κ3) is 1.25. The molecule has 0 aromatic heterocycles. The van der Waals surface area contributed by atoms with Crippen molar-refractivity contribution < 1.29 is 19.4 Å². The molecule has 0 aliphatic carbocycles. The van der Waals surface area contributed by atoms with Crippen LogP contribution in [0.1, 0.15) is 6.42 Å². The molecule has 2 rings (SSSR count). The average Bonchev–Trinajstić information content (AvgIpc) is 2.72. The van der Waals surface area contributed by atoms with Gasteiger partial charge in [-0.2, -0.15) is 11.8 Å². The van der Waals surface area contributed by atoms with Gasteiger partial charge < -0.3 is 9.84 Å². The van der Waals surface area contributed by atoms with E-state index in [4.69, 9.17) is 4.74 Å². The van der Waals surface area contributed by atoms with Crippen molar-refractivity contribution >= 4 is 23.8 Å². The van der Waals surface area contributed by atoms with Crippen LogP contribution in [0.25, 0.3) is 0 Å². The van der Waals surface area contributed by atoms with Gasteiger partial charge in [0, 0.05) is 5.75 Å². The Balaban J connectivity index is 2.26. The lowest BCUT2D eigenvalue weighted by Gasteiger charge is -2.31. The molecule has 0 aromatic carbocycles. The zero-order valence-corrected chi connectivity index (χ0v) is 8.38. The molecule has 0 aromatic rings. The molecular formula is C8H11NO4S. The van der Waals surface area contributed by atoms with Crippen LogP contribution in [-0.4, -0.2) is 52.3 Å². The van der Waals surface area contributed by atoms with E-state index >= 15 is 0 Å². The number of hydrogen-bond acceptors (Lipinski definition) is 4. The van der Waals surface area contributed by atoms with E-state index in [1.807, 2.05) is 0 Å². The van der Waals surface area contributed by atoms with Crippen LogP contribution in [0.3, 0.4) is 0 Å². The first-order chi connectivity index (χ1) is 6.67. The Kier molecular flexibility index (Phi) is 2.30. The number of carbonyl (C=O) groups is 2. The molecule has 78 valence electrons. The van der Waals surface area contributed by atoms with Gasteiger partial charge in [0.1, 0.15) is 6.61 Å². The smallest absolute Gasteiger partial charge is 0.410 e. The monoisotopic (exact) mass is 217 g/mol. The third-order valence-corrected chi connectivity index (χ3v) is 3.85. The molecule has 2 aliphatic rings. The predicted octanol–water partition coefficient (Wildman–Crippen LogP) is 0.399. The van der Waals surface area contributed by atoms with Crippen molar-refractivity contribution in [3.63, 3.8) is 0 Å². The second kappa shape index (κ2) is 3.34. The minimum atomic E-state index is -1.02. The molecule has 0 bridgehead atoms. The number of amides is 1. The van der Waals surface area contributed by atoms with Gasteiger partial charge >= 0.3 is 12.1 Å². The van der Waals surface area contributed by atoms with Gasteiger partial charge in [-0.1, -0.05) is 0 Å². The van der Waals surface area contributed by atoms with Crippen LogP contribution in [0, 0.1) is 0 Å². The highest BCUT2D eigenvalue weighted by Gasteiger charge is 2.51. The molecule has 2 fully saturated rings. The Bertz CT molecular complexity index is 275. The molecule has 0 spiro atoms. The number of aliphatic carboxylic acids is 1. The predicted molar refractivity (Wildman–Crippen MR) is 50.4 cm³/mol. The van der Waals surface area contributed by atoms with E-state index in [1.165, 1.54) is 4.90 Å². The summed E-state index contributed by atoms with van der Waals surface area (Å²) >= 11 is 1.57. The van der Waals surface area contributed by atoms with E-state index < -0.39 is 17.6 Å². The van der Waals surface area contributed by atoms with Crippen LogP contribution in [0.5, 0.6) is 0 Å². The summed E-state index contributed by atoms with van der Waals surface area (Å²) in [5.74, 6) is 0.342. The molecule has 2 aliphatic heterocycles. The number of hydrogen-bond donors (Lipinski definition) is 1. The molecule has 2 saturated heterocycles. The van der Waals surface area contributed by atoms with Crippen LogP contribution >= 0.6 is 11.8 Å². The van der Waals surface area contributed by atoms with E-state index in [0.29, 0.717) is 25.3 Å². The fourth-order valence-corrected chi connectivity index (χ4v) is 3.22. The lowest BCUT2D eigenvalue weighted by molar-refractivity contribution is -0.147. The van der Waals surface area contributed by atoms with Crippen LogP contribution in [0.4, 0.5) is 4.79 Å². The Morgan fingerprint density at radius 1 is 1.64 bits per heavy atom. The minimum absolute atomic E-state index is 0.304. The standard InChI is InChI=1S/C8H11NO4S/c10-6(11)8(1-4-14-5-8)9-2-3-13-7(9)12/h1-5H2,(H,10,11). The topological polar surface area (TPSA) is 66.8 Å². The van der Waals surface area contributed by atoms with Gasteiger partial charge in [-0.05, 0) is 12.2 Å². The van der Waals surface area contributed by atoms with Crippen molar-refractivity contribution in [2.24, 2.45) is 0 Å². The van der Waals surface area contributed by atoms with Gasteiger partial charge in [-0.15, -0.1) is 0 Å². The highest BCUT2D eigenvalue weighted by Crippen LogP contribution is 2.35. The van der Waals surface area contributed by atoms with E-state index in [-0.39, 0.29) is 0 Å². The lowest BCUT2D eigenvalue weighted by atomic mass is 9.97. The number of rotatable bonds is 2. The molecule has 0 saturated carbocycles. The number of carboxylic acids is 1. The molecular weight excluding hydrogens is 206 g/mol. The largest absolute Gasteiger partial charge is 0.479 e. The molecule has 14 heavy (non-hydrogen) atoms. The molecule has 0 radical (unpaired) electrons. The van der Waals surface area contributed by atoms with Gasteiger partial charge in [0.2, 0.25) is 0 Å². The summed E-state index contributed by atoms with van der Waals surface area (Å²) in [6.45, 7) is 0.699. The minimum Gasteiger partial charge on any atom is -0.479 e. The number of carbonyl (C=O) groups excluding carboxylic acids is 1. The van der Waals surface area contributed by atoms with Crippen LogP contribution < -0.4 is 0 Å². The summed E-state index contributed by atoms with van der Waals surface area (Å²) in [4.78, 5) is 23.9. The first-order valence-electron chi connectivity index (χ1n) is 4.42. The van der Waals surface area contributed by atoms with Crippen molar-refractivity contribution in [3.8, 4) is 0 Å². The second-order valence-electron chi connectivity index (χ2n) is 3.41. The van der Waals surface area contributed by atoms with Gasteiger partial charge in [-0.25, -0.2) is 9.59 Å². The highest BCUT2D eigenvalue weighted by atomic mass is 32.2. The maximum Gasteiger partial charge on any atom is 0.410 e. The summed E-state index contributed by atoms with van der Waals surface area (Å²) in [7, 11) is 0. The van der Waals surface area contributed by atoms with Crippen molar-refractivity contribution in [2.45, 2.75) is 12.0 Å². The van der Waals surface area contributed by atoms with Crippen LogP contribution in [-0.2, 0) is 9.53 Å². The van der Waals surface area contributed by atoms with Crippen LogP contribution in [0.15, 0.2) is 0 Å². The molecule has 1 unspecified atom stereocenters. The summed E-state index contributed by atoms with van der Waals surface area (Å²) in [6.07, 6.45) is 0.0251. The zero-order valence-electron chi connectivity index (χ0n) is 7.56. The first kappa shape index (κ1) is 9.64. The van der Waals surface area contributed by atoms with Crippen molar-refractivity contribution in [1.29, 1.82) is 0 Å². The maximum absolute atomic E-state index is 11.3. The average molecular weight is 217 g/mol. The SMILES string of the molecule is O=C1OCCN1C1(C(=O)O)CCSC1. The number of ether oxygens (including phenoxy) is 1. The Labute approximate surface area is 85.4 Å². The summed E-state index contributed by atoms with van der Waals surface area (Å²) < 4.78 is 4.77. The Morgan fingerprint density at radius 2 is 2.43 bits per heavy atom. The fourth-order valence-electron chi connectivity index (χ4n) is 1.83. The van der Waals surface area contributed by atoms with Crippen LogP contribution in [0.2, 0.25) is 0 Å². The van der Waals surface area contributed by atoms with Crippen molar-refractivity contribution in [1.82, 2.24) is 4.90 Å². The second-order valence-corrected chi connectivity index (χ2v) is 4.51. The lowest BCUT2D eigenvalue weighted by Crippen LogP contribution is -2.55. The maximum atomic E-state index is 11.3. The molecule has 1 N–H and O–H groups in total. The van der Waals surface area contributed by atoms with E-state index in [2.05, 4.69) is 0 Å². The molecule has 1 atom stereocenters. The summed E-state index contributed by atoms with van der Waals surface area (Å²) in [5.41, 5.74) is -1.02. The Morgan fingerprint density at radius 3 is 2.86 bits per heavy atom. The third-order valence-electron chi connectivity index (χ3n) is 2.68. The van der Waals surface area contributed by atoms with E-state index in [9.17, 15) is 14.7 Å². The number of nitrogens with zero attached hydrogens (tertiary/aromatic N) is 1. The van der Waals surface area contributed by atoms with Gasteiger partial charge in [0.05, 0.1) is 6.54 Å². The normalized spacial score (nSPS) is 32.0. The molecule has 2 heterocycles. The first-order valence-corrected chi connectivity index (χ1v) is 5.58. The van der Waals surface area contributed by atoms with Crippen molar-refractivity contribution in [2.75, 3.05) is 24.7 Å². The van der Waals surface area contributed by atoms with Gasteiger partial charge in [0.25, 0.3) is 0 Å². The fraction of sp³-hybridized carbons (Fsp3) is 0.750. The summed E-state index contributed by atoms with van der Waals surface area (Å²) in [6, 6.07) is 0. The number of cyclic esters (lactones) is 1. The zero-order chi connectivity index (χ0) is 10.2. The van der Waals surface area contributed by atoms with Gasteiger partial charge in [0.15, 0.2) is 5.54 Å².